The van der Waals surface area contributed by atoms with Gasteiger partial charge in [0.2, 0.25) is 0 Å². The number of carboxylic acids is 1. The van der Waals surface area contributed by atoms with Crippen LogP contribution in [0.5, 0.6) is 0 Å². The highest BCUT2D eigenvalue weighted by Gasteiger charge is 2.41. The predicted molar refractivity (Wildman–Crippen MR) is 41.5 cm³/mol. The molecule has 1 aliphatic rings. The lowest BCUT2D eigenvalue weighted by atomic mass is 9.88. The number of hydrogen-bond donors (Lipinski definition) is 2. The highest BCUT2D eigenvalue weighted by atomic mass is 16.6. The van der Waals surface area contributed by atoms with Crippen molar-refractivity contribution in [1.82, 2.24) is 0 Å². The van der Waals surface area contributed by atoms with Gasteiger partial charge in [-0.1, -0.05) is 0 Å². The Kier molecular flexibility index (Phi) is 2.39. The highest BCUT2D eigenvalue weighted by molar-refractivity contribution is 5.67. The van der Waals surface area contributed by atoms with Gasteiger partial charge < -0.3 is 14.9 Å². The van der Waals surface area contributed by atoms with Crippen molar-refractivity contribution >= 4 is 5.97 Å². The Hall–Kier alpha value is -0.610. The molecule has 2 N–H and O–H groups in total. The highest BCUT2D eigenvalue weighted by Crippen LogP contribution is 2.36. The quantitative estimate of drug-likeness (QED) is 0.643. The van der Waals surface area contributed by atoms with Gasteiger partial charge in [-0.15, -0.1) is 0 Å². The van der Waals surface area contributed by atoms with E-state index in [1.165, 1.54) is 0 Å². The third-order valence-corrected chi connectivity index (χ3v) is 2.33. The summed E-state index contributed by atoms with van der Waals surface area (Å²) in [5.74, 6) is -0.934. The average Bonchev–Trinajstić information content (AvgIpc) is 2.04. The second kappa shape index (κ2) is 3.03. The summed E-state index contributed by atoms with van der Waals surface area (Å²) in [5.41, 5.74) is -0.516. The zero-order valence-electron chi connectivity index (χ0n) is 7.28. The maximum atomic E-state index is 10.4. The van der Waals surface area contributed by atoms with Crippen LogP contribution in [-0.2, 0) is 9.53 Å². The second-order valence-electron chi connectivity index (χ2n) is 3.71. The topological polar surface area (TPSA) is 66.8 Å². The molecule has 0 aromatic rings. The first kappa shape index (κ1) is 9.48. The Morgan fingerprint density at radius 3 is 2.58 bits per heavy atom. The summed E-state index contributed by atoms with van der Waals surface area (Å²) >= 11 is 0. The van der Waals surface area contributed by atoms with Gasteiger partial charge in [0.25, 0.3) is 0 Å². The number of aliphatic hydroxyl groups is 1. The van der Waals surface area contributed by atoms with Gasteiger partial charge in [0, 0.05) is 12.3 Å². The van der Waals surface area contributed by atoms with Crippen molar-refractivity contribution in [3.05, 3.63) is 0 Å². The van der Waals surface area contributed by atoms with Crippen LogP contribution in [0.4, 0.5) is 0 Å². The molecule has 0 bridgehead atoms. The normalized spacial score (nSPS) is 33.6. The number of rotatable bonds is 2. The average molecular weight is 174 g/mol. The zero-order valence-corrected chi connectivity index (χ0v) is 7.28. The van der Waals surface area contributed by atoms with E-state index in [9.17, 15) is 4.79 Å². The molecule has 4 nitrogen and oxygen atoms in total. The van der Waals surface area contributed by atoms with E-state index in [-0.39, 0.29) is 12.3 Å². The maximum Gasteiger partial charge on any atom is 0.303 e. The molecule has 0 spiro atoms. The van der Waals surface area contributed by atoms with E-state index in [1.54, 1.807) is 13.8 Å². The van der Waals surface area contributed by atoms with E-state index in [4.69, 9.17) is 14.9 Å². The molecule has 1 aliphatic heterocycles. The van der Waals surface area contributed by atoms with E-state index in [1.807, 2.05) is 0 Å². The Morgan fingerprint density at radius 1 is 1.67 bits per heavy atom. The van der Waals surface area contributed by atoms with Gasteiger partial charge in [-0.05, 0) is 13.8 Å². The lowest BCUT2D eigenvalue weighted by Crippen LogP contribution is -2.29. The fourth-order valence-corrected chi connectivity index (χ4v) is 1.56. The molecule has 4 heteroatoms. The van der Waals surface area contributed by atoms with E-state index in [2.05, 4.69) is 0 Å². The summed E-state index contributed by atoms with van der Waals surface area (Å²) in [5, 5.41) is 17.7. The van der Waals surface area contributed by atoms with Crippen LogP contribution in [0, 0.1) is 5.92 Å². The first-order valence-corrected chi connectivity index (χ1v) is 3.99. The summed E-state index contributed by atoms with van der Waals surface area (Å²) in [4.78, 5) is 10.4. The third kappa shape index (κ3) is 1.95. The molecule has 1 rings (SSSR count). The molecule has 0 aliphatic carbocycles. The molecular formula is C8H14O4. The van der Waals surface area contributed by atoms with E-state index in [0.717, 1.165) is 0 Å². The van der Waals surface area contributed by atoms with Crippen molar-refractivity contribution in [3.63, 3.8) is 0 Å². The lowest BCUT2D eigenvalue weighted by Gasteiger charge is -2.23. The van der Waals surface area contributed by atoms with Crippen molar-refractivity contribution in [2.24, 2.45) is 5.92 Å². The molecule has 2 atom stereocenters. The van der Waals surface area contributed by atoms with Crippen LogP contribution in [0.15, 0.2) is 0 Å². The van der Waals surface area contributed by atoms with Crippen LogP contribution < -0.4 is 0 Å². The smallest absolute Gasteiger partial charge is 0.303 e. The molecule has 0 saturated carbocycles. The molecule has 1 saturated heterocycles. The molecular weight excluding hydrogens is 160 g/mol. The predicted octanol–water partition coefficient (Wildman–Crippen LogP) is 0.595. The second-order valence-corrected chi connectivity index (χ2v) is 3.71. The molecule has 0 radical (unpaired) electrons. The van der Waals surface area contributed by atoms with Gasteiger partial charge in [0.15, 0.2) is 6.29 Å². The van der Waals surface area contributed by atoms with Crippen LogP contribution in [0.1, 0.15) is 26.7 Å². The molecule has 12 heavy (non-hydrogen) atoms. The molecule has 0 aromatic carbocycles. The summed E-state index contributed by atoms with van der Waals surface area (Å²) in [6.07, 6.45) is -0.326. The standard InChI is InChI=1S/C8H14O4/c1-8(2)5(3-6(9)10)4-7(11)12-8/h5,7,11H,3-4H2,1-2H3,(H,9,10). The van der Waals surface area contributed by atoms with E-state index in [0.29, 0.717) is 6.42 Å². The fourth-order valence-electron chi connectivity index (χ4n) is 1.56. The van der Waals surface area contributed by atoms with Crippen molar-refractivity contribution in [2.45, 2.75) is 38.6 Å². The maximum absolute atomic E-state index is 10.4. The number of aliphatic hydroxyl groups excluding tert-OH is 1. The molecule has 0 aromatic heterocycles. The largest absolute Gasteiger partial charge is 0.481 e. The third-order valence-electron chi connectivity index (χ3n) is 2.33. The first-order chi connectivity index (χ1) is 5.42. The van der Waals surface area contributed by atoms with Gasteiger partial charge in [0.1, 0.15) is 0 Å². The Labute approximate surface area is 71.2 Å². The van der Waals surface area contributed by atoms with Crippen molar-refractivity contribution < 1.29 is 19.7 Å². The van der Waals surface area contributed by atoms with Crippen molar-refractivity contribution in [2.75, 3.05) is 0 Å². The number of carbonyl (C=O) groups is 1. The summed E-state index contributed by atoms with van der Waals surface area (Å²) in [6, 6.07) is 0. The first-order valence-electron chi connectivity index (χ1n) is 3.99. The monoisotopic (exact) mass is 174 g/mol. The molecule has 0 amide bonds. The minimum atomic E-state index is -0.842. The van der Waals surface area contributed by atoms with Crippen LogP contribution in [0.2, 0.25) is 0 Å². The van der Waals surface area contributed by atoms with Crippen LogP contribution >= 0.6 is 0 Å². The van der Waals surface area contributed by atoms with Gasteiger partial charge in [0.05, 0.1) is 12.0 Å². The van der Waals surface area contributed by atoms with Gasteiger partial charge in [-0.2, -0.15) is 0 Å². The van der Waals surface area contributed by atoms with Crippen LogP contribution in [-0.4, -0.2) is 28.1 Å². The van der Waals surface area contributed by atoms with Crippen molar-refractivity contribution in [3.8, 4) is 0 Å². The summed E-state index contributed by atoms with van der Waals surface area (Å²) < 4.78 is 5.15. The minimum absolute atomic E-state index is 0.0596. The van der Waals surface area contributed by atoms with Crippen LogP contribution in [0.25, 0.3) is 0 Å². The number of carboxylic acid groups (broad SMARTS) is 1. The molecule has 1 heterocycles. The summed E-state index contributed by atoms with van der Waals surface area (Å²) in [7, 11) is 0. The Morgan fingerprint density at radius 2 is 2.25 bits per heavy atom. The Bertz CT molecular complexity index is 187. The minimum Gasteiger partial charge on any atom is -0.481 e. The number of hydrogen-bond acceptors (Lipinski definition) is 3. The van der Waals surface area contributed by atoms with Gasteiger partial charge >= 0.3 is 5.97 Å². The van der Waals surface area contributed by atoms with E-state index >= 15 is 0 Å². The SMILES string of the molecule is CC1(C)OC(O)CC1CC(=O)O. The fraction of sp³-hybridized carbons (Fsp3) is 0.875. The number of ether oxygens (including phenoxy) is 1. The molecule has 70 valence electrons. The van der Waals surface area contributed by atoms with E-state index < -0.39 is 17.9 Å². The molecule has 2 unspecified atom stereocenters. The van der Waals surface area contributed by atoms with Crippen molar-refractivity contribution in [1.29, 1.82) is 0 Å². The lowest BCUT2D eigenvalue weighted by molar-refractivity contribution is -0.143. The Balaban J connectivity index is 2.59. The zero-order chi connectivity index (χ0) is 9.35. The van der Waals surface area contributed by atoms with Gasteiger partial charge in [-0.25, -0.2) is 0 Å². The van der Waals surface area contributed by atoms with Gasteiger partial charge in [-0.3, -0.25) is 4.79 Å². The van der Waals surface area contributed by atoms with Crippen LogP contribution in [0.3, 0.4) is 0 Å². The number of aliphatic carboxylic acids is 1. The molecule has 1 fully saturated rings. The summed E-state index contributed by atoms with van der Waals surface area (Å²) in [6.45, 7) is 3.60.